The van der Waals surface area contributed by atoms with Crippen LogP contribution in [0.1, 0.15) is 0 Å². The van der Waals surface area contributed by atoms with Gasteiger partial charge >= 0.3 is 0 Å². The SMILES string of the molecule is N=[N+]=Nc1ccc(-c2nnc(-c3ccc(N=[N+]=N)cc3)o2)cc1. The molecule has 0 atom stereocenters. The minimum absolute atomic E-state index is 0.379. The van der Waals surface area contributed by atoms with Crippen LogP contribution in [0, 0.1) is 11.1 Å². The van der Waals surface area contributed by atoms with Crippen LogP contribution < -0.4 is 9.82 Å². The molecule has 1 aromatic heterocycles. The van der Waals surface area contributed by atoms with Crippen molar-refractivity contribution in [3.8, 4) is 22.9 Å². The van der Waals surface area contributed by atoms with Gasteiger partial charge in [-0.05, 0) is 48.5 Å². The summed E-state index contributed by atoms with van der Waals surface area (Å²) in [5.41, 5.74) is 16.0. The van der Waals surface area contributed by atoms with Crippen molar-refractivity contribution in [3.63, 3.8) is 0 Å². The molecule has 0 bridgehead atoms. The molecule has 9 heteroatoms. The van der Waals surface area contributed by atoms with Crippen LogP contribution in [0.4, 0.5) is 11.4 Å². The molecular weight excluding hydrogens is 296 g/mol. The van der Waals surface area contributed by atoms with Gasteiger partial charge in [-0.25, -0.2) is 0 Å². The molecule has 2 N–H and O–H groups in total. The second kappa shape index (κ2) is 6.31. The van der Waals surface area contributed by atoms with Gasteiger partial charge in [0.2, 0.25) is 21.6 Å². The molecule has 2 aromatic carbocycles. The third kappa shape index (κ3) is 3.11. The van der Waals surface area contributed by atoms with Gasteiger partial charge < -0.3 is 4.42 Å². The Morgan fingerprint density at radius 2 is 1.09 bits per heavy atom. The summed E-state index contributed by atoms with van der Waals surface area (Å²) >= 11 is 0. The number of nitrogens with zero attached hydrogens (tertiary/aromatic N) is 6. The van der Waals surface area contributed by atoms with Gasteiger partial charge in [-0.2, -0.15) is 0 Å². The second-order valence-electron chi connectivity index (χ2n) is 4.41. The third-order valence-corrected chi connectivity index (χ3v) is 2.98. The number of benzene rings is 2. The zero-order valence-electron chi connectivity index (χ0n) is 11.7. The lowest BCUT2D eigenvalue weighted by Crippen LogP contribution is -1.77. The first-order chi connectivity index (χ1) is 11.3. The van der Waals surface area contributed by atoms with Crippen LogP contribution in [-0.2, 0) is 0 Å². The number of hydrogen-bond acceptors (Lipinski definition) is 7. The molecule has 0 radical (unpaired) electrons. The molecule has 1 heterocycles. The Balaban J connectivity index is 1.87. The van der Waals surface area contributed by atoms with Crippen LogP contribution >= 0.6 is 0 Å². The average Bonchev–Trinajstić information content (AvgIpc) is 3.07. The lowest BCUT2D eigenvalue weighted by molar-refractivity contribution is 0.584. The molecule has 9 nitrogen and oxygen atoms in total. The molecular formula is C14H10N8O+2. The number of rotatable bonds is 4. The van der Waals surface area contributed by atoms with E-state index in [0.717, 1.165) is 11.1 Å². The Morgan fingerprint density at radius 1 is 0.696 bits per heavy atom. The average molecular weight is 306 g/mol. The van der Waals surface area contributed by atoms with Crippen molar-refractivity contribution in [3.05, 3.63) is 48.5 Å². The summed E-state index contributed by atoms with van der Waals surface area (Å²) < 4.78 is 5.65. The number of aromatic nitrogens is 2. The highest BCUT2D eigenvalue weighted by molar-refractivity contribution is 5.61. The third-order valence-electron chi connectivity index (χ3n) is 2.98. The fourth-order valence-electron chi connectivity index (χ4n) is 1.91. The summed E-state index contributed by atoms with van der Waals surface area (Å²) in [6, 6.07) is 13.9. The highest BCUT2D eigenvalue weighted by Gasteiger charge is 2.11. The van der Waals surface area contributed by atoms with Crippen molar-refractivity contribution in [1.29, 1.82) is 11.1 Å². The van der Waals surface area contributed by atoms with Gasteiger partial charge in [0.1, 0.15) is 11.1 Å². The molecule has 0 unspecified atom stereocenters. The minimum Gasteiger partial charge on any atom is -0.416 e. The van der Waals surface area contributed by atoms with E-state index < -0.39 is 0 Å². The van der Waals surface area contributed by atoms with Crippen molar-refractivity contribution in [2.45, 2.75) is 0 Å². The van der Waals surface area contributed by atoms with Crippen molar-refractivity contribution >= 4 is 11.4 Å². The van der Waals surface area contributed by atoms with Gasteiger partial charge in [0.25, 0.3) is 0 Å². The van der Waals surface area contributed by atoms with Crippen molar-refractivity contribution < 1.29 is 4.42 Å². The number of hydrogen-bond donors (Lipinski definition) is 2. The molecule has 0 amide bonds. The summed E-state index contributed by atoms with van der Waals surface area (Å²) in [4.78, 5) is 5.94. The van der Waals surface area contributed by atoms with Gasteiger partial charge in [0, 0.05) is 11.1 Å². The Hall–Kier alpha value is -3.80. The monoisotopic (exact) mass is 306 g/mol. The van der Waals surface area contributed by atoms with E-state index in [9.17, 15) is 0 Å². The lowest BCUT2D eigenvalue weighted by atomic mass is 10.2. The van der Waals surface area contributed by atoms with Crippen molar-refractivity contribution in [2.75, 3.05) is 0 Å². The summed E-state index contributed by atoms with van der Waals surface area (Å²) in [6.45, 7) is 0. The van der Waals surface area contributed by atoms with Crippen LogP contribution in [0.5, 0.6) is 0 Å². The van der Waals surface area contributed by atoms with Crippen molar-refractivity contribution in [2.24, 2.45) is 10.2 Å². The predicted octanol–water partition coefficient (Wildman–Crippen LogP) is 3.77. The molecule has 3 aromatic rings. The Labute approximate surface area is 129 Å². The maximum absolute atomic E-state index is 6.69. The van der Waals surface area contributed by atoms with Gasteiger partial charge in [-0.15, -0.1) is 10.2 Å². The summed E-state index contributed by atoms with van der Waals surface area (Å²) in [5, 5.41) is 15.3. The summed E-state index contributed by atoms with van der Waals surface area (Å²) in [7, 11) is 0. The van der Waals surface area contributed by atoms with E-state index >= 15 is 0 Å². The van der Waals surface area contributed by atoms with E-state index in [4.69, 9.17) is 15.5 Å². The molecule has 0 spiro atoms. The maximum Gasteiger partial charge on any atom is 0.248 e. The summed E-state index contributed by atoms with van der Waals surface area (Å²) in [6.07, 6.45) is 0. The molecule has 110 valence electrons. The highest BCUT2D eigenvalue weighted by atomic mass is 16.4. The Bertz CT molecular complexity index is 840. The van der Waals surface area contributed by atoms with E-state index in [0.29, 0.717) is 23.2 Å². The van der Waals surface area contributed by atoms with Gasteiger partial charge in [-0.1, -0.05) is 0 Å². The van der Waals surface area contributed by atoms with Crippen molar-refractivity contribution in [1.82, 2.24) is 20.0 Å². The number of nitrogens with one attached hydrogen (secondary N) is 2. The van der Waals surface area contributed by atoms with Crippen LogP contribution in [0.15, 0.2) is 63.2 Å². The molecule has 23 heavy (non-hydrogen) atoms. The second-order valence-corrected chi connectivity index (χ2v) is 4.41. The molecule has 0 saturated carbocycles. The smallest absolute Gasteiger partial charge is 0.248 e. The molecule has 0 aliphatic rings. The predicted molar refractivity (Wildman–Crippen MR) is 79.1 cm³/mol. The molecule has 3 rings (SSSR count). The summed E-state index contributed by atoms with van der Waals surface area (Å²) in [5.74, 6) is 0.758. The highest BCUT2D eigenvalue weighted by Crippen LogP contribution is 2.26. The Kier molecular flexibility index (Phi) is 3.89. The van der Waals surface area contributed by atoms with E-state index in [1.807, 2.05) is 0 Å². The van der Waals surface area contributed by atoms with Crippen LogP contribution in [0.3, 0.4) is 0 Å². The fourth-order valence-corrected chi connectivity index (χ4v) is 1.91. The van der Waals surface area contributed by atoms with E-state index in [2.05, 4.69) is 30.2 Å². The maximum atomic E-state index is 6.69. The van der Waals surface area contributed by atoms with Gasteiger partial charge in [0.15, 0.2) is 21.6 Å². The largest absolute Gasteiger partial charge is 0.416 e. The van der Waals surface area contributed by atoms with E-state index in [1.54, 1.807) is 48.5 Å². The van der Waals surface area contributed by atoms with Gasteiger partial charge in [0.05, 0.1) is 0 Å². The Morgan fingerprint density at radius 3 is 1.43 bits per heavy atom. The lowest BCUT2D eigenvalue weighted by Gasteiger charge is -1.94. The van der Waals surface area contributed by atoms with Gasteiger partial charge in [-0.3, -0.25) is 0 Å². The zero-order valence-corrected chi connectivity index (χ0v) is 11.7. The first-order valence-electron chi connectivity index (χ1n) is 6.49. The fraction of sp³-hybridized carbons (Fsp3) is 0. The van der Waals surface area contributed by atoms with Crippen LogP contribution in [0.2, 0.25) is 0 Å². The zero-order chi connectivity index (χ0) is 16.1. The first kappa shape index (κ1) is 14.2. The molecule has 0 fully saturated rings. The minimum atomic E-state index is 0.379. The molecule has 0 aliphatic carbocycles. The first-order valence-corrected chi connectivity index (χ1v) is 6.49. The standard InChI is InChI=1S/C14H10N8O/c15-21-17-11-5-1-9(2-6-11)13-19-20-14(23-13)10-3-7-12(8-4-10)18-22-16/h1-8,15-16H/q+2. The molecule has 0 saturated heterocycles. The topological polar surface area (TPSA) is 140 Å². The van der Waals surface area contributed by atoms with E-state index in [-0.39, 0.29) is 0 Å². The van der Waals surface area contributed by atoms with E-state index in [1.165, 1.54) is 0 Å². The molecule has 0 aliphatic heterocycles. The quantitative estimate of drug-likeness (QED) is 0.559. The normalized spacial score (nSPS) is 9.74. The van der Waals surface area contributed by atoms with Crippen LogP contribution in [0.25, 0.3) is 22.9 Å². The van der Waals surface area contributed by atoms with Crippen LogP contribution in [-0.4, -0.2) is 10.2 Å².